The molecule has 3 nitrogen and oxygen atoms in total. The van der Waals surface area contributed by atoms with Crippen molar-refractivity contribution in [2.24, 2.45) is 17.1 Å². The lowest BCUT2D eigenvalue weighted by molar-refractivity contribution is -0.130. The van der Waals surface area contributed by atoms with Crippen LogP contribution < -0.4 is 11.1 Å². The lowest BCUT2D eigenvalue weighted by Crippen LogP contribution is -2.41. The zero-order valence-corrected chi connectivity index (χ0v) is 13.5. The van der Waals surface area contributed by atoms with Crippen LogP contribution in [0.25, 0.3) is 0 Å². The van der Waals surface area contributed by atoms with Crippen molar-refractivity contribution in [1.82, 2.24) is 5.32 Å². The molecule has 0 aromatic heterocycles. The molecule has 3 N–H and O–H groups in total. The van der Waals surface area contributed by atoms with Crippen LogP contribution in [0, 0.1) is 11.3 Å². The fourth-order valence-corrected chi connectivity index (χ4v) is 3.32. The molecule has 0 spiro atoms. The van der Waals surface area contributed by atoms with Crippen molar-refractivity contribution in [1.29, 1.82) is 0 Å². The summed E-state index contributed by atoms with van der Waals surface area (Å²) in [5, 5.41) is 3.19. The fourth-order valence-electron chi connectivity index (χ4n) is 3.32. The van der Waals surface area contributed by atoms with Crippen LogP contribution in [0.15, 0.2) is 24.3 Å². The van der Waals surface area contributed by atoms with E-state index in [4.69, 9.17) is 5.73 Å². The van der Waals surface area contributed by atoms with Gasteiger partial charge in [0.1, 0.15) is 0 Å². The quantitative estimate of drug-likeness (QED) is 0.890. The lowest BCUT2D eigenvalue weighted by atomic mass is 9.68. The maximum Gasteiger partial charge on any atom is 0.224 e. The summed E-state index contributed by atoms with van der Waals surface area (Å²) in [5.41, 5.74) is 7.98. The van der Waals surface area contributed by atoms with Gasteiger partial charge in [0.05, 0.1) is 6.04 Å². The van der Waals surface area contributed by atoms with Crippen molar-refractivity contribution < 1.29 is 4.79 Å². The van der Waals surface area contributed by atoms with Gasteiger partial charge < -0.3 is 11.1 Å². The van der Waals surface area contributed by atoms with Gasteiger partial charge in [0.15, 0.2) is 0 Å². The molecule has 21 heavy (non-hydrogen) atoms. The van der Waals surface area contributed by atoms with Gasteiger partial charge in [-0.15, -0.1) is 0 Å². The highest BCUT2D eigenvalue weighted by molar-refractivity contribution is 5.80. The Morgan fingerprint density at radius 2 is 2.00 bits per heavy atom. The molecule has 1 aromatic rings. The standard InChI is InChI=1S/C18H28N2O/c1-13(15-9-7-14(12-19)8-10-15)20-17(21)16-6-4-5-11-18(16,2)3/h7-10,13,16H,4-6,11-12,19H2,1-3H3,(H,20,21). The van der Waals surface area contributed by atoms with Crippen LogP contribution in [0.5, 0.6) is 0 Å². The molecule has 0 saturated heterocycles. The molecule has 0 heterocycles. The molecule has 0 radical (unpaired) electrons. The van der Waals surface area contributed by atoms with Gasteiger partial charge in [-0.3, -0.25) is 4.79 Å². The number of rotatable bonds is 4. The minimum atomic E-state index is 0.0436. The predicted molar refractivity (Wildman–Crippen MR) is 86.6 cm³/mol. The average molecular weight is 288 g/mol. The maximum atomic E-state index is 12.6. The Morgan fingerprint density at radius 1 is 1.33 bits per heavy atom. The third-order valence-electron chi connectivity index (χ3n) is 4.90. The summed E-state index contributed by atoms with van der Waals surface area (Å²) in [6, 6.07) is 8.21. The summed E-state index contributed by atoms with van der Waals surface area (Å²) in [4.78, 5) is 12.6. The van der Waals surface area contributed by atoms with E-state index in [2.05, 4.69) is 31.3 Å². The van der Waals surface area contributed by atoms with Gasteiger partial charge in [0.25, 0.3) is 0 Å². The summed E-state index contributed by atoms with van der Waals surface area (Å²) < 4.78 is 0. The summed E-state index contributed by atoms with van der Waals surface area (Å²) in [7, 11) is 0. The first kappa shape index (κ1) is 16.0. The van der Waals surface area contributed by atoms with E-state index in [1.807, 2.05) is 19.1 Å². The number of benzene rings is 1. The van der Waals surface area contributed by atoms with E-state index >= 15 is 0 Å². The zero-order valence-electron chi connectivity index (χ0n) is 13.5. The Labute approximate surface area is 128 Å². The molecule has 1 aliphatic rings. The molecule has 1 aliphatic carbocycles. The predicted octanol–water partition coefficient (Wildman–Crippen LogP) is 3.54. The van der Waals surface area contributed by atoms with Gasteiger partial charge in [0.2, 0.25) is 5.91 Å². The second kappa shape index (κ2) is 6.61. The third kappa shape index (κ3) is 3.85. The van der Waals surface area contributed by atoms with Crippen molar-refractivity contribution in [2.45, 2.75) is 59.0 Å². The highest BCUT2D eigenvalue weighted by Crippen LogP contribution is 2.40. The molecule has 116 valence electrons. The maximum absolute atomic E-state index is 12.6. The van der Waals surface area contributed by atoms with Gasteiger partial charge in [0, 0.05) is 12.5 Å². The van der Waals surface area contributed by atoms with Crippen molar-refractivity contribution in [3.05, 3.63) is 35.4 Å². The molecule has 3 heteroatoms. The Bertz CT molecular complexity index is 478. The summed E-state index contributed by atoms with van der Waals surface area (Å²) >= 11 is 0. The second-order valence-electron chi connectivity index (χ2n) is 6.96. The monoisotopic (exact) mass is 288 g/mol. The highest BCUT2D eigenvalue weighted by Gasteiger charge is 2.37. The first-order valence-corrected chi connectivity index (χ1v) is 8.03. The third-order valence-corrected chi connectivity index (χ3v) is 4.90. The number of hydrogen-bond acceptors (Lipinski definition) is 2. The normalized spacial score (nSPS) is 22.6. The van der Waals surface area contributed by atoms with Gasteiger partial charge >= 0.3 is 0 Å². The smallest absolute Gasteiger partial charge is 0.224 e. The van der Waals surface area contributed by atoms with Crippen LogP contribution in [-0.4, -0.2) is 5.91 Å². The number of amides is 1. The van der Waals surface area contributed by atoms with Crippen molar-refractivity contribution in [3.63, 3.8) is 0 Å². The minimum Gasteiger partial charge on any atom is -0.349 e. The number of hydrogen-bond donors (Lipinski definition) is 2. The molecule has 2 rings (SSSR count). The van der Waals surface area contributed by atoms with E-state index < -0.39 is 0 Å². The Hall–Kier alpha value is -1.35. The van der Waals surface area contributed by atoms with Gasteiger partial charge in [-0.05, 0) is 36.3 Å². The van der Waals surface area contributed by atoms with E-state index in [1.165, 1.54) is 12.8 Å². The summed E-state index contributed by atoms with van der Waals surface area (Å²) in [6.45, 7) is 7.04. The number of nitrogens with two attached hydrogens (primary N) is 1. The van der Waals surface area contributed by atoms with Gasteiger partial charge in [-0.2, -0.15) is 0 Å². The SMILES string of the molecule is CC(NC(=O)C1CCCCC1(C)C)c1ccc(CN)cc1. The van der Waals surface area contributed by atoms with E-state index in [-0.39, 0.29) is 23.3 Å². The van der Waals surface area contributed by atoms with Gasteiger partial charge in [-0.1, -0.05) is 51.0 Å². The van der Waals surface area contributed by atoms with Gasteiger partial charge in [-0.25, -0.2) is 0 Å². The summed E-state index contributed by atoms with van der Waals surface area (Å²) in [5.74, 6) is 0.340. The van der Waals surface area contributed by atoms with Crippen LogP contribution in [0.3, 0.4) is 0 Å². The van der Waals surface area contributed by atoms with Crippen LogP contribution in [-0.2, 0) is 11.3 Å². The minimum absolute atomic E-state index is 0.0436. The highest BCUT2D eigenvalue weighted by atomic mass is 16.2. The van der Waals surface area contributed by atoms with Crippen LogP contribution >= 0.6 is 0 Å². The number of nitrogens with one attached hydrogen (secondary N) is 1. The van der Waals surface area contributed by atoms with Crippen LogP contribution in [0.4, 0.5) is 0 Å². The Kier molecular flexibility index (Phi) is 5.04. The molecular weight excluding hydrogens is 260 g/mol. The van der Waals surface area contributed by atoms with E-state index in [1.54, 1.807) is 0 Å². The molecule has 1 fully saturated rings. The van der Waals surface area contributed by atoms with E-state index in [0.29, 0.717) is 6.54 Å². The number of carbonyl (C=O) groups excluding carboxylic acids is 1. The van der Waals surface area contributed by atoms with Crippen molar-refractivity contribution >= 4 is 5.91 Å². The molecule has 1 saturated carbocycles. The molecule has 2 unspecified atom stereocenters. The molecule has 1 aromatic carbocycles. The Morgan fingerprint density at radius 3 is 2.57 bits per heavy atom. The van der Waals surface area contributed by atoms with Crippen LogP contribution in [0.2, 0.25) is 0 Å². The first-order chi connectivity index (χ1) is 9.94. The second-order valence-corrected chi connectivity index (χ2v) is 6.96. The van der Waals surface area contributed by atoms with E-state index in [9.17, 15) is 4.79 Å². The molecule has 1 amide bonds. The fraction of sp³-hybridized carbons (Fsp3) is 0.611. The number of carbonyl (C=O) groups is 1. The largest absolute Gasteiger partial charge is 0.349 e. The summed E-state index contributed by atoms with van der Waals surface area (Å²) in [6.07, 6.45) is 4.57. The van der Waals surface area contributed by atoms with Crippen LogP contribution in [0.1, 0.15) is 63.6 Å². The topological polar surface area (TPSA) is 55.1 Å². The lowest BCUT2D eigenvalue weighted by Gasteiger charge is -2.38. The molecule has 0 bridgehead atoms. The Balaban J connectivity index is 2.00. The van der Waals surface area contributed by atoms with E-state index in [0.717, 1.165) is 24.0 Å². The molecular formula is C18H28N2O. The first-order valence-electron chi connectivity index (χ1n) is 8.03. The van der Waals surface area contributed by atoms with Crippen molar-refractivity contribution in [2.75, 3.05) is 0 Å². The zero-order chi connectivity index (χ0) is 15.5. The van der Waals surface area contributed by atoms with Crippen molar-refractivity contribution in [3.8, 4) is 0 Å². The molecule has 2 atom stereocenters. The molecule has 0 aliphatic heterocycles. The average Bonchev–Trinajstić information content (AvgIpc) is 2.46.